The molecular formula is C18H33NO5. The van der Waals surface area contributed by atoms with E-state index >= 15 is 0 Å². The molecule has 0 aliphatic carbocycles. The molecule has 0 aromatic rings. The Bertz CT molecular complexity index is 395. The first-order valence-corrected chi connectivity index (χ1v) is 8.45. The monoisotopic (exact) mass is 343 g/mol. The van der Waals surface area contributed by atoms with Crippen molar-refractivity contribution >= 4 is 11.8 Å². The molecule has 6 nitrogen and oxygen atoms in total. The first kappa shape index (κ1) is 22.8. The molecule has 0 aliphatic heterocycles. The summed E-state index contributed by atoms with van der Waals surface area (Å²) in [5.41, 5.74) is 0. The van der Waals surface area contributed by atoms with Gasteiger partial charge in [-0.2, -0.15) is 0 Å². The van der Waals surface area contributed by atoms with Gasteiger partial charge in [0.15, 0.2) is 5.78 Å². The van der Waals surface area contributed by atoms with E-state index in [0.29, 0.717) is 6.61 Å². The van der Waals surface area contributed by atoms with E-state index in [0.717, 1.165) is 0 Å². The van der Waals surface area contributed by atoms with Gasteiger partial charge in [0.2, 0.25) is 0 Å². The maximum atomic E-state index is 12.6. The molecule has 0 fully saturated rings. The fourth-order valence-corrected chi connectivity index (χ4v) is 2.42. The minimum atomic E-state index is -0.708. The van der Waals surface area contributed by atoms with Crippen LogP contribution in [0.25, 0.3) is 0 Å². The Morgan fingerprint density at radius 1 is 1.21 bits per heavy atom. The third-order valence-corrected chi connectivity index (χ3v) is 3.86. The normalized spacial score (nSPS) is 15.2. The molecule has 6 heteroatoms. The lowest BCUT2D eigenvalue weighted by molar-refractivity contribution is -0.149. The van der Waals surface area contributed by atoms with Crippen molar-refractivity contribution in [2.45, 2.75) is 46.3 Å². The zero-order chi connectivity index (χ0) is 18.7. The number of carbonyl (C=O) groups excluding carboxylic acids is 2. The molecule has 140 valence electrons. The van der Waals surface area contributed by atoms with Gasteiger partial charge in [0.05, 0.1) is 38.4 Å². The molecule has 0 rings (SSSR count). The highest BCUT2D eigenvalue weighted by Gasteiger charge is 2.30. The van der Waals surface area contributed by atoms with Crippen LogP contribution in [0.15, 0.2) is 12.7 Å². The number of hydrogen-bond acceptors (Lipinski definition) is 6. The van der Waals surface area contributed by atoms with E-state index < -0.39 is 18.1 Å². The number of ether oxygens (including phenoxy) is 2. The number of rotatable bonds is 13. The van der Waals surface area contributed by atoms with Gasteiger partial charge >= 0.3 is 5.97 Å². The third kappa shape index (κ3) is 8.57. The Hall–Kier alpha value is -1.24. The van der Waals surface area contributed by atoms with Crippen molar-refractivity contribution in [3.8, 4) is 0 Å². The summed E-state index contributed by atoms with van der Waals surface area (Å²) in [7, 11) is 1.33. The van der Waals surface area contributed by atoms with Crippen molar-refractivity contribution in [3.05, 3.63) is 12.7 Å². The highest BCUT2D eigenvalue weighted by atomic mass is 16.5. The maximum Gasteiger partial charge on any atom is 0.309 e. The van der Waals surface area contributed by atoms with Gasteiger partial charge in [0.25, 0.3) is 0 Å². The van der Waals surface area contributed by atoms with Crippen LogP contribution >= 0.6 is 0 Å². The number of hydrogen-bond donors (Lipinski definition) is 2. The maximum absolute atomic E-state index is 12.6. The van der Waals surface area contributed by atoms with E-state index in [2.05, 4.69) is 11.9 Å². The van der Waals surface area contributed by atoms with E-state index in [1.54, 1.807) is 6.08 Å². The Morgan fingerprint density at radius 3 is 2.29 bits per heavy atom. The SMILES string of the molecule is C=CCOCC(O)CNC(C(=O)CC(C(=O)OC)C(C)C)C(C)C. The lowest BCUT2D eigenvalue weighted by Gasteiger charge is -2.25. The van der Waals surface area contributed by atoms with Crippen molar-refractivity contribution in [1.29, 1.82) is 0 Å². The Labute approximate surface area is 145 Å². The molecule has 0 saturated carbocycles. The van der Waals surface area contributed by atoms with Crippen LogP contribution in [0.3, 0.4) is 0 Å². The molecule has 0 heterocycles. The summed E-state index contributed by atoms with van der Waals surface area (Å²) in [5, 5.41) is 13.0. The predicted octanol–water partition coefficient (Wildman–Crippen LogP) is 1.57. The van der Waals surface area contributed by atoms with Gasteiger partial charge in [-0.25, -0.2) is 0 Å². The Kier molecular flexibility index (Phi) is 11.5. The first-order valence-electron chi connectivity index (χ1n) is 8.45. The van der Waals surface area contributed by atoms with Crippen LogP contribution < -0.4 is 5.32 Å². The molecule has 0 saturated heterocycles. The van der Waals surface area contributed by atoms with Crippen LogP contribution in [0.4, 0.5) is 0 Å². The van der Waals surface area contributed by atoms with Gasteiger partial charge in [0, 0.05) is 13.0 Å². The van der Waals surface area contributed by atoms with Crippen molar-refractivity contribution in [2.75, 3.05) is 26.9 Å². The van der Waals surface area contributed by atoms with Crippen LogP contribution in [0.2, 0.25) is 0 Å². The number of ketones is 1. The minimum absolute atomic E-state index is 0.0205. The van der Waals surface area contributed by atoms with Gasteiger partial charge in [-0.15, -0.1) is 6.58 Å². The van der Waals surface area contributed by atoms with Crippen molar-refractivity contribution < 1.29 is 24.2 Å². The summed E-state index contributed by atoms with van der Waals surface area (Å²) in [6, 6.07) is -0.426. The standard InChI is InChI=1S/C18H33NO5/c1-7-8-24-11-14(20)10-19-17(13(4)5)16(21)9-15(12(2)3)18(22)23-6/h7,12-15,17,19-20H,1,8-11H2,2-6H3. The fraction of sp³-hybridized carbons (Fsp3) is 0.778. The number of Topliss-reactive ketones (excluding diaryl/α,β-unsaturated/α-hetero) is 1. The first-order chi connectivity index (χ1) is 11.2. The number of aliphatic hydroxyl groups excluding tert-OH is 1. The summed E-state index contributed by atoms with van der Waals surface area (Å²) in [6.45, 7) is 12.0. The van der Waals surface area contributed by atoms with Crippen LogP contribution in [-0.4, -0.2) is 55.9 Å². The summed E-state index contributed by atoms with van der Waals surface area (Å²) in [4.78, 5) is 24.4. The van der Waals surface area contributed by atoms with Gasteiger partial charge in [-0.05, 0) is 11.8 Å². The van der Waals surface area contributed by atoms with Crippen molar-refractivity contribution in [2.24, 2.45) is 17.8 Å². The van der Waals surface area contributed by atoms with Crippen molar-refractivity contribution in [3.63, 3.8) is 0 Å². The summed E-state index contributed by atoms with van der Waals surface area (Å²) in [6.07, 6.45) is 1.03. The second-order valence-corrected chi connectivity index (χ2v) is 6.65. The predicted molar refractivity (Wildman–Crippen MR) is 93.6 cm³/mol. The van der Waals surface area contributed by atoms with Crippen LogP contribution in [0, 0.1) is 17.8 Å². The molecule has 0 bridgehead atoms. The lowest BCUT2D eigenvalue weighted by atomic mass is 9.86. The van der Waals surface area contributed by atoms with Gasteiger partial charge in [-0.1, -0.05) is 33.8 Å². The summed E-state index contributed by atoms with van der Waals surface area (Å²) < 4.78 is 9.98. The Balaban J connectivity index is 4.65. The van der Waals surface area contributed by atoms with Gasteiger partial charge in [0.1, 0.15) is 0 Å². The molecular weight excluding hydrogens is 310 g/mol. The largest absolute Gasteiger partial charge is 0.469 e. The van der Waals surface area contributed by atoms with E-state index in [9.17, 15) is 14.7 Å². The lowest BCUT2D eigenvalue weighted by Crippen LogP contribution is -2.46. The quantitative estimate of drug-likeness (QED) is 0.300. The molecule has 24 heavy (non-hydrogen) atoms. The average molecular weight is 343 g/mol. The number of nitrogens with one attached hydrogen (secondary N) is 1. The molecule has 2 N–H and O–H groups in total. The molecule has 0 aromatic carbocycles. The van der Waals surface area contributed by atoms with Gasteiger partial charge < -0.3 is 19.9 Å². The second-order valence-electron chi connectivity index (χ2n) is 6.65. The average Bonchev–Trinajstić information content (AvgIpc) is 2.51. The number of esters is 1. The molecule has 0 spiro atoms. The van der Waals surface area contributed by atoms with Crippen molar-refractivity contribution in [1.82, 2.24) is 5.32 Å². The van der Waals surface area contributed by atoms with Crippen LogP contribution in [-0.2, 0) is 19.1 Å². The number of aliphatic hydroxyl groups is 1. The molecule has 0 aliphatic rings. The number of carbonyl (C=O) groups is 2. The summed E-state index contributed by atoms with van der Waals surface area (Å²) >= 11 is 0. The third-order valence-electron chi connectivity index (χ3n) is 3.86. The van der Waals surface area contributed by atoms with E-state index in [1.807, 2.05) is 27.7 Å². The topological polar surface area (TPSA) is 84.9 Å². The highest BCUT2D eigenvalue weighted by molar-refractivity contribution is 5.88. The molecule has 3 unspecified atom stereocenters. The zero-order valence-electron chi connectivity index (χ0n) is 15.6. The molecule has 0 amide bonds. The van der Waals surface area contributed by atoms with E-state index in [4.69, 9.17) is 9.47 Å². The smallest absolute Gasteiger partial charge is 0.309 e. The second kappa shape index (κ2) is 12.2. The number of methoxy groups -OCH3 is 1. The van der Waals surface area contributed by atoms with E-state index in [1.165, 1.54) is 7.11 Å². The minimum Gasteiger partial charge on any atom is -0.469 e. The van der Waals surface area contributed by atoms with Gasteiger partial charge in [-0.3, -0.25) is 9.59 Å². The van der Waals surface area contributed by atoms with Crippen LogP contribution in [0.1, 0.15) is 34.1 Å². The highest BCUT2D eigenvalue weighted by Crippen LogP contribution is 2.19. The molecule has 3 atom stereocenters. The summed E-state index contributed by atoms with van der Waals surface area (Å²) in [5.74, 6) is -0.796. The molecule has 0 radical (unpaired) electrons. The Morgan fingerprint density at radius 2 is 1.83 bits per heavy atom. The van der Waals surface area contributed by atoms with Crippen LogP contribution in [0.5, 0.6) is 0 Å². The fourth-order valence-electron chi connectivity index (χ4n) is 2.42. The van der Waals surface area contributed by atoms with E-state index in [-0.39, 0.29) is 43.2 Å². The molecule has 0 aromatic heterocycles. The zero-order valence-corrected chi connectivity index (χ0v) is 15.6.